The van der Waals surface area contributed by atoms with E-state index in [1.165, 1.54) is 14.1 Å². The molecule has 8 heteroatoms. The monoisotopic (exact) mass is 448 g/mol. The minimum atomic E-state index is -3.48. The summed E-state index contributed by atoms with van der Waals surface area (Å²) < 4.78 is 32.2. The number of nitrogens with zero attached hydrogens (tertiary/aromatic N) is 2. The number of carbonyl (C=O) groups excluding carboxylic acids is 1. The van der Waals surface area contributed by atoms with Gasteiger partial charge < -0.3 is 9.64 Å². The molecule has 2 fully saturated rings. The second-order valence-corrected chi connectivity index (χ2v) is 11.1. The van der Waals surface area contributed by atoms with E-state index in [0.29, 0.717) is 44.0 Å². The first kappa shape index (κ1) is 21.5. The summed E-state index contributed by atoms with van der Waals surface area (Å²) >= 11 is 1.77. The van der Waals surface area contributed by atoms with Crippen molar-refractivity contribution in [2.24, 2.45) is 0 Å². The van der Waals surface area contributed by atoms with Crippen LogP contribution in [-0.2, 0) is 26.0 Å². The molecule has 6 nitrogen and oxygen atoms in total. The van der Waals surface area contributed by atoms with Crippen molar-refractivity contribution in [3.8, 4) is 0 Å². The van der Waals surface area contributed by atoms with Gasteiger partial charge in [-0.15, -0.1) is 11.3 Å². The highest BCUT2D eigenvalue weighted by molar-refractivity contribution is 7.89. The van der Waals surface area contributed by atoms with Gasteiger partial charge in [0.1, 0.15) is 0 Å². The van der Waals surface area contributed by atoms with Crippen LogP contribution in [0.25, 0.3) is 0 Å². The van der Waals surface area contributed by atoms with E-state index in [2.05, 4.69) is 19.1 Å². The lowest BCUT2D eigenvalue weighted by atomic mass is 10.1. The molecule has 1 unspecified atom stereocenters. The van der Waals surface area contributed by atoms with Crippen molar-refractivity contribution in [2.45, 2.75) is 43.5 Å². The standard InChI is InChI=1S/C22H28N2O4S2/c1-17-4-10-21(29-17)20-3-2-12-24(20)22(25)11-7-18-5-8-19(9-6-18)30(26,27)23-13-15-28-16-14-23/h4-6,8-10,20H,2-3,7,11-16H2,1H3. The quantitative estimate of drug-likeness (QED) is 0.680. The fourth-order valence-corrected chi connectivity index (χ4v) is 6.59. The van der Waals surface area contributed by atoms with Gasteiger partial charge in [-0.25, -0.2) is 8.42 Å². The summed E-state index contributed by atoms with van der Waals surface area (Å²) in [7, 11) is -3.48. The average Bonchev–Trinajstić information content (AvgIpc) is 3.42. The minimum absolute atomic E-state index is 0.175. The molecule has 3 heterocycles. The molecule has 1 aromatic heterocycles. The fourth-order valence-electron chi connectivity index (χ4n) is 4.15. The van der Waals surface area contributed by atoms with Crippen LogP contribution < -0.4 is 0 Å². The summed E-state index contributed by atoms with van der Waals surface area (Å²) in [6.45, 7) is 4.55. The zero-order valence-electron chi connectivity index (χ0n) is 17.2. The van der Waals surface area contributed by atoms with E-state index >= 15 is 0 Å². The van der Waals surface area contributed by atoms with Gasteiger partial charge in [0, 0.05) is 35.8 Å². The second kappa shape index (κ2) is 9.18. The van der Waals surface area contributed by atoms with Crippen LogP contribution in [0.15, 0.2) is 41.3 Å². The first-order chi connectivity index (χ1) is 14.4. The maximum Gasteiger partial charge on any atom is 0.243 e. The number of hydrogen-bond acceptors (Lipinski definition) is 5. The van der Waals surface area contributed by atoms with E-state index in [9.17, 15) is 13.2 Å². The molecule has 0 radical (unpaired) electrons. The number of aryl methyl sites for hydroxylation is 2. The molecule has 30 heavy (non-hydrogen) atoms. The molecule has 1 amide bonds. The van der Waals surface area contributed by atoms with Gasteiger partial charge in [-0.05, 0) is 56.0 Å². The Balaban J connectivity index is 1.36. The van der Waals surface area contributed by atoms with Crippen molar-refractivity contribution in [1.82, 2.24) is 9.21 Å². The number of carbonyl (C=O) groups is 1. The smallest absolute Gasteiger partial charge is 0.243 e. The van der Waals surface area contributed by atoms with Crippen molar-refractivity contribution >= 4 is 27.3 Å². The number of ether oxygens (including phenoxy) is 1. The van der Waals surface area contributed by atoms with Crippen molar-refractivity contribution in [3.63, 3.8) is 0 Å². The largest absolute Gasteiger partial charge is 0.379 e. The number of amides is 1. The Morgan fingerprint density at radius 3 is 2.50 bits per heavy atom. The van der Waals surface area contributed by atoms with Gasteiger partial charge in [-0.2, -0.15) is 4.31 Å². The Morgan fingerprint density at radius 2 is 1.83 bits per heavy atom. The normalized spacial score (nSPS) is 20.6. The molecule has 0 saturated carbocycles. The third-order valence-electron chi connectivity index (χ3n) is 5.82. The van der Waals surface area contributed by atoms with Crippen LogP contribution in [0, 0.1) is 6.92 Å². The topological polar surface area (TPSA) is 66.9 Å². The van der Waals surface area contributed by atoms with Crippen LogP contribution >= 0.6 is 11.3 Å². The van der Waals surface area contributed by atoms with E-state index < -0.39 is 10.0 Å². The van der Waals surface area contributed by atoms with Crippen molar-refractivity contribution in [2.75, 3.05) is 32.8 Å². The maximum atomic E-state index is 12.9. The Kier molecular flexibility index (Phi) is 6.57. The van der Waals surface area contributed by atoms with Crippen LogP contribution in [0.3, 0.4) is 0 Å². The molecule has 4 rings (SSSR count). The highest BCUT2D eigenvalue weighted by Crippen LogP contribution is 2.36. The zero-order valence-corrected chi connectivity index (χ0v) is 18.9. The molecule has 1 aromatic carbocycles. The summed E-state index contributed by atoms with van der Waals surface area (Å²) in [5.41, 5.74) is 0.979. The summed E-state index contributed by atoms with van der Waals surface area (Å²) in [5.74, 6) is 0.175. The molecule has 1 atom stereocenters. The molecule has 0 N–H and O–H groups in total. The summed E-state index contributed by atoms with van der Waals surface area (Å²) in [5, 5.41) is 0. The number of likely N-dealkylation sites (tertiary alicyclic amines) is 1. The summed E-state index contributed by atoms with van der Waals surface area (Å²) in [6.07, 6.45) is 3.13. The molecule has 2 aliphatic heterocycles. The van der Waals surface area contributed by atoms with Crippen LogP contribution in [0.5, 0.6) is 0 Å². The second-order valence-electron chi connectivity index (χ2n) is 7.85. The third-order valence-corrected chi connectivity index (χ3v) is 8.84. The van der Waals surface area contributed by atoms with Crippen molar-refractivity contribution < 1.29 is 17.9 Å². The molecule has 0 spiro atoms. The van der Waals surface area contributed by atoms with E-state index in [0.717, 1.165) is 24.9 Å². The van der Waals surface area contributed by atoms with Crippen LogP contribution in [-0.4, -0.2) is 56.4 Å². The highest BCUT2D eigenvalue weighted by Gasteiger charge is 2.30. The number of sulfonamides is 1. The van der Waals surface area contributed by atoms with Gasteiger partial charge in [0.05, 0.1) is 24.2 Å². The average molecular weight is 449 g/mol. The van der Waals surface area contributed by atoms with Crippen molar-refractivity contribution in [3.05, 3.63) is 51.7 Å². The molecule has 0 bridgehead atoms. The number of hydrogen-bond donors (Lipinski definition) is 0. The molecule has 2 aliphatic rings. The first-order valence-corrected chi connectivity index (χ1v) is 12.7. The highest BCUT2D eigenvalue weighted by atomic mass is 32.2. The van der Waals surface area contributed by atoms with Crippen molar-refractivity contribution in [1.29, 1.82) is 0 Å². The Hall–Kier alpha value is -1.74. The molecule has 162 valence electrons. The van der Waals surface area contributed by atoms with E-state index in [4.69, 9.17) is 4.74 Å². The zero-order chi connectivity index (χ0) is 21.1. The molecule has 2 saturated heterocycles. The lowest BCUT2D eigenvalue weighted by molar-refractivity contribution is -0.132. The molecule has 0 aliphatic carbocycles. The molecular weight excluding hydrogens is 420 g/mol. The first-order valence-electron chi connectivity index (χ1n) is 10.5. The fraction of sp³-hybridized carbons (Fsp3) is 0.500. The SMILES string of the molecule is Cc1ccc(C2CCCN2C(=O)CCc2ccc(S(=O)(=O)N3CCOCC3)cc2)s1. The van der Waals surface area contributed by atoms with Gasteiger partial charge in [0.25, 0.3) is 0 Å². The van der Waals surface area contributed by atoms with Crippen LogP contribution in [0.2, 0.25) is 0 Å². The third kappa shape index (κ3) is 4.61. The summed E-state index contributed by atoms with van der Waals surface area (Å²) in [6, 6.07) is 11.4. The van der Waals surface area contributed by atoms with Gasteiger partial charge in [-0.3, -0.25) is 4.79 Å². The summed E-state index contributed by atoms with van der Waals surface area (Å²) in [4.78, 5) is 17.7. The Morgan fingerprint density at radius 1 is 1.10 bits per heavy atom. The van der Waals surface area contributed by atoms with Crippen LogP contribution in [0.1, 0.15) is 40.6 Å². The number of thiophene rings is 1. The van der Waals surface area contributed by atoms with E-state index in [1.807, 2.05) is 17.0 Å². The minimum Gasteiger partial charge on any atom is -0.379 e. The number of morpholine rings is 1. The van der Waals surface area contributed by atoms with E-state index in [-0.39, 0.29) is 11.9 Å². The Bertz CT molecular complexity index is 979. The lowest BCUT2D eigenvalue weighted by Gasteiger charge is -2.26. The van der Waals surface area contributed by atoms with Gasteiger partial charge in [0.15, 0.2) is 0 Å². The molecular formula is C22H28N2O4S2. The lowest BCUT2D eigenvalue weighted by Crippen LogP contribution is -2.40. The van der Waals surface area contributed by atoms with Gasteiger partial charge in [-0.1, -0.05) is 12.1 Å². The van der Waals surface area contributed by atoms with E-state index in [1.54, 1.807) is 23.5 Å². The molecule has 2 aromatic rings. The predicted octanol–water partition coefficient (Wildman–Crippen LogP) is 3.37. The number of rotatable bonds is 6. The van der Waals surface area contributed by atoms with Gasteiger partial charge in [0.2, 0.25) is 15.9 Å². The maximum absolute atomic E-state index is 12.9. The Labute approximate surface area is 182 Å². The van der Waals surface area contributed by atoms with Crippen LogP contribution in [0.4, 0.5) is 0 Å². The number of benzene rings is 1. The predicted molar refractivity (Wildman–Crippen MR) is 117 cm³/mol. The van der Waals surface area contributed by atoms with Gasteiger partial charge >= 0.3 is 0 Å².